The maximum Gasteiger partial charge on any atom is 0.317 e. The fourth-order valence-corrected chi connectivity index (χ4v) is 1.99. The van der Waals surface area contributed by atoms with Gasteiger partial charge in [-0.3, -0.25) is 0 Å². The zero-order chi connectivity index (χ0) is 15.1. The second kappa shape index (κ2) is 8.07. The van der Waals surface area contributed by atoms with E-state index in [0.717, 1.165) is 0 Å². The molecule has 1 aromatic carbocycles. The molecule has 6 heteroatoms. The van der Waals surface area contributed by atoms with Crippen LogP contribution in [0.5, 0.6) is 0 Å². The summed E-state index contributed by atoms with van der Waals surface area (Å²) in [6.45, 7) is 2.30. The van der Waals surface area contributed by atoms with Crippen LogP contribution in [0.15, 0.2) is 18.2 Å². The van der Waals surface area contributed by atoms with Crippen molar-refractivity contribution < 1.29 is 14.3 Å². The number of aliphatic hydroxyl groups is 1. The van der Waals surface area contributed by atoms with E-state index in [1.165, 1.54) is 17.0 Å². The lowest BCUT2D eigenvalue weighted by Crippen LogP contribution is -2.41. The lowest BCUT2D eigenvalue weighted by Gasteiger charge is -2.21. The van der Waals surface area contributed by atoms with Gasteiger partial charge >= 0.3 is 6.03 Å². The SMILES string of the molecule is CC(CCCO)NC(=O)N(C)Cc1ccc(F)cc1Cl. The van der Waals surface area contributed by atoms with Gasteiger partial charge in [0, 0.05) is 31.3 Å². The van der Waals surface area contributed by atoms with Crippen molar-refractivity contribution in [3.63, 3.8) is 0 Å². The minimum atomic E-state index is -0.400. The fourth-order valence-electron chi connectivity index (χ4n) is 1.77. The average molecular weight is 303 g/mol. The molecule has 0 bridgehead atoms. The summed E-state index contributed by atoms with van der Waals surface area (Å²) in [6.07, 6.45) is 1.36. The zero-order valence-corrected chi connectivity index (χ0v) is 12.5. The quantitative estimate of drug-likeness (QED) is 0.849. The number of aliphatic hydroxyl groups excluding tert-OH is 1. The Morgan fingerprint density at radius 1 is 1.55 bits per heavy atom. The Labute approximate surface area is 123 Å². The number of halogens is 2. The molecule has 0 fully saturated rings. The molecule has 0 aliphatic carbocycles. The molecule has 2 amide bonds. The normalized spacial score (nSPS) is 12.1. The molecule has 2 N–H and O–H groups in total. The molecule has 1 aromatic rings. The topological polar surface area (TPSA) is 52.6 Å². The van der Waals surface area contributed by atoms with Crippen LogP contribution in [0, 0.1) is 5.82 Å². The van der Waals surface area contributed by atoms with Gasteiger partial charge in [0.1, 0.15) is 5.82 Å². The van der Waals surface area contributed by atoms with E-state index in [1.807, 2.05) is 6.92 Å². The number of urea groups is 1. The van der Waals surface area contributed by atoms with Gasteiger partial charge in [-0.2, -0.15) is 0 Å². The van der Waals surface area contributed by atoms with E-state index in [2.05, 4.69) is 5.32 Å². The third kappa shape index (κ3) is 5.35. The predicted molar refractivity (Wildman–Crippen MR) is 77.2 cm³/mol. The number of carbonyl (C=O) groups is 1. The highest BCUT2D eigenvalue weighted by atomic mass is 35.5. The maximum atomic E-state index is 12.9. The van der Waals surface area contributed by atoms with E-state index >= 15 is 0 Å². The number of hydrogen-bond acceptors (Lipinski definition) is 2. The van der Waals surface area contributed by atoms with E-state index in [1.54, 1.807) is 13.1 Å². The summed E-state index contributed by atoms with van der Waals surface area (Å²) >= 11 is 5.93. The van der Waals surface area contributed by atoms with Crippen molar-refractivity contribution in [2.24, 2.45) is 0 Å². The Hall–Kier alpha value is -1.33. The first-order chi connectivity index (χ1) is 9.43. The third-order valence-corrected chi connectivity index (χ3v) is 3.29. The monoisotopic (exact) mass is 302 g/mol. The molecule has 20 heavy (non-hydrogen) atoms. The molecule has 0 spiro atoms. The standard InChI is InChI=1S/C14H20ClFN2O2/c1-10(4-3-7-19)17-14(20)18(2)9-11-5-6-12(16)8-13(11)15/h5-6,8,10,19H,3-4,7,9H2,1-2H3,(H,17,20). The smallest absolute Gasteiger partial charge is 0.317 e. The van der Waals surface area contributed by atoms with Gasteiger partial charge in [0.05, 0.1) is 0 Å². The number of nitrogens with zero attached hydrogens (tertiary/aromatic N) is 1. The second-order valence-electron chi connectivity index (χ2n) is 4.81. The van der Waals surface area contributed by atoms with Crippen LogP contribution in [-0.2, 0) is 6.54 Å². The Balaban J connectivity index is 2.53. The first-order valence-electron chi connectivity index (χ1n) is 6.50. The van der Waals surface area contributed by atoms with Crippen molar-refractivity contribution in [3.05, 3.63) is 34.6 Å². The number of amides is 2. The number of benzene rings is 1. The predicted octanol–water partition coefficient (Wildman–Crippen LogP) is 2.78. The number of carbonyl (C=O) groups excluding carboxylic acids is 1. The van der Waals surface area contributed by atoms with Crippen molar-refractivity contribution >= 4 is 17.6 Å². The first kappa shape index (κ1) is 16.7. The Morgan fingerprint density at radius 3 is 2.85 bits per heavy atom. The van der Waals surface area contributed by atoms with Crippen LogP contribution in [-0.4, -0.2) is 35.7 Å². The Kier molecular flexibility index (Phi) is 6.75. The fraction of sp³-hybridized carbons (Fsp3) is 0.500. The lowest BCUT2D eigenvalue weighted by atomic mass is 10.2. The van der Waals surface area contributed by atoms with Crippen molar-refractivity contribution in [1.29, 1.82) is 0 Å². The number of nitrogens with one attached hydrogen (secondary N) is 1. The molecule has 0 saturated carbocycles. The van der Waals surface area contributed by atoms with E-state index in [-0.39, 0.29) is 18.7 Å². The lowest BCUT2D eigenvalue weighted by molar-refractivity contribution is 0.201. The molecule has 4 nitrogen and oxygen atoms in total. The molecule has 0 aromatic heterocycles. The summed E-state index contributed by atoms with van der Waals surface area (Å²) in [7, 11) is 1.65. The molecule has 1 rings (SSSR count). The van der Waals surface area contributed by atoms with Crippen molar-refractivity contribution in [3.8, 4) is 0 Å². The van der Waals surface area contributed by atoms with E-state index < -0.39 is 5.82 Å². The van der Waals surface area contributed by atoms with Crippen LogP contribution in [0.25, 0.3) is 0 Å². The van der Waals surface area contributed by atoms with Crippen molar-refractivity contribution in [2.75, 3.05) is 13.7 Å². The van der Waals surface area contributed by atoms with Crippen LogP contribution < -0.4 is 5.32 Å². The molecule has 0 heterocycles. The van der Waals surface area contributed by atoms with Crippen LogP contribution in [0.4, 0.5) is 9.18 Å². The number of rotatable bonds is 6. The minimum Gasteiger partial charge on any atom is -0.396 e. The van der Waals surface area contributed by atoms with E-state index in [9.17, 15) is 9.18 Å². The van der Waals surface area contributed by atoms with E-state index in [4.69, 9.17) is 16.7 Å². The number of hydrogen-bond donors (Lipinski definition) is 2. The molecular formula is C14H20ClFN2O2. The first-order valence-corrected chi connectivity index (χ1v) is 6.88. The summed E-state index contributed by atoms with van der Waals surface area (Å²) < 4.78 is 12.9. The highest BCUT2D eigenvalue weighted by Gasteiger charge is 2.13. The van der Waals surface area contributed by atoms with Gasteiger partial charge in [0.25, 0.3) is 0 Å². The van der Waals surface area contributed by atoms with Gasteiger partial charge in [-0.25, -0.2) is 9.18 Å². The van der Waals surface area contributed by atoms with Gasteiger partial charge in [-0.15, -0.1) is 0 Å². The molecule has 0 aliphatic heterocycles. The summed E-state index contributed by atoms with van der Waals surface area (Å²) in [5, 5.41) is 11.9. The minimum absolute atomic E-state index is 0.0132. The van der Waals surface area contributed by atoms with Gasteiger partial charge in [0.2, 0.25) is 0 Å². The molecule has 0 radical (unpaired) electrons. The van der Waals surface area contributed by atoms with Gasteiger partial charge < -0.3 is 15.3 Å². The summed E-state index contributed by atoms with van der Waals surface area (Å²) in [5.74, 6) is -0.400. The molecule has 0 saturated heterocycles. The van der Waals surface area contributed by atoms with E-state index in [0.29, 0.717) is 30.0 Å². The Bertz CT molecular complexity index is 457. The molecule has 0 aliphatic rings. The molecule has 1 unspecified atom stereocenters. The molecule has 1 atom stereocenters. The van der Waals surface area contributed by atoms with Gasteiger partial charge in [-0.1, -0.05) is 17.7 Å². The molecule has 112 valence electrons. The Morgan fingerprint density at radius 2 is 2.25 bits per heavy atom. The van der Waals surface area contributed by atoms with Gasteiger partial charge in [-0.05, 0) is 37.5 Å². The molecular weight excluding hydrogens is 283 g/mol. The second-order valence-corrected chi connectivity index (χ2v) is 5.22. The zero-order valence-electron chi connectivity index (χ0n) is 11.7. The highest BCUT2D eigenvalue weighted by molar-refractivity contribution is 6.31. The summed E-state index contributed by atoms with van der Waals surface area (Å²) in [4.78, 5) is 13.4. The van der Waals surface area contributed by atoms with Crippen molar-refractivity contribution in [1.82, 2.24) is 10.2 Å². The van der Waals surface area contributed by atoms with Crippen molar-refractivity contribution in [2.45, 2.75) is 32.4 Å². The maximum absolute atomic E-state index is 12.9. The average Bonchev–Trinajstić information content (AvgIpc) is 2.39. The van der Waals surface area contributed by atoms with Crippen LogP contribution >= 0.6 is 11.6 Å². The summed E-state index contributed by atoms with van der Waals surface area (Å²) in [6, 6.07) is 3.87. The van der Waals surface area contributed by atoms with Crippen LogP contribution in [0.2, 0.25) is 5.02 Å². The highest BCUT2D eigenvalue weighted by Crippen LogP contribution is 2.18. The summed E-state index contributed by atoms with van der Waals surface area (Å²) in [5.41, 5.74) is 0.689. The van der Waals surface area contributed by atoms with Gasteiger partial charge in [0.15, 0.2) is 0 Å². The largest absolute Gasteiger partial charge is 0.396 e. The van der Waals surface area contributed by atoms with Crippen LogP contribution in [0.3, 0.4) is 0 Å². The van der Waals surface area contributed by atoms with Crippen LogP contribution in [0.1, 0.15) is 25.3 Å². The third-order valence-electron chi connectivity index (χ3n) is 2.93.